The average molecular weight is 141 g/mol. The Morgan fingerprint density at radius 2 is 2.10 bits per heavy atom. The Labute approximate surface area is 60.0 Å². The van der Waals surface area contributed by atoms with E-state index >= 15 is 0 Å². The first-order valence-corrected chi connectivity index (χ1v) is 3.02. The monoisotopic (exact) mass is 141 g/mol. The number of aliphatic hydroxyl groups excluding tert-OH is 1. The van der Waals surface area contributed by atoms with E-state index in [1.54, 1.807) is 19.1 Å². The molecule has 2 N–H and O–H groups in total. The fourth-order valence-corrected chi connectivity index (χ4v) is 0.354. The lowest BCUT2D eigenvalue weighted by Crippen LogP contribution is -1.66. The molecular weight excluding hydrogens is 130 g/mol. The van der Waals surface area contributed by atoms with E-state index < -0.39 is 0 Å². The number of pyridine rings is 1. The van der Waals surface area contributed by atoms with Crippen LogP contribution in [-0.2, 0) is 0 Å². The molecule has 0 bridgehead atoms. The molecule has 0 aliphatic heterocycles. The van der Waals surface area contributed by atoms with Gasteiger partial charge in [0.1, 0.15) is 0 Å². The standard InChI is InChI=1S/C5H5NO.C2H6O/c7-5-3-1-2-4-6-5;1-2-3/h1-4H,(H,6,7);3H,2H2,1H3. The van der Waals surface area contributed by atoms with Crippen molar-refractivity contribution in [3.05, 3.63) is 24.4 Å². The highest BCUT2D eigenvalue weighted by atomic mass is 16.3. The van der Waals surface area contributed by atoms with Crippen LogP contribution in [0.15, 0.2) is 24.4 Å². The first-order valence-electron chi connectivity index (χ1n) is 3.02. The van der Waals surface area contributed by atoms with E-state index in [4.69, 9.17) is 10.2 Å². The lowest BCUT2D eigenvalue weighted by atomic mass is 10.5. The first-order chi connectivity index (χ1) is 4.81. The quantitative estimate of drug-likeness (QED) is 0.561. The maximum Gasteiger partial charge on any atom is 0.210 e. The van der Waals surface area contributed by atoms with Crippen molar-refractivity contribution in [2.24, 2.45) is 0 Å². The van der Waals surface area contributed by atoms with Crippen LogP contribution in [-0.4, -0.2) is 21.8 Å². The lowest BCUT2D eigenvalue weighted by Gasteiger charge is -1.81. The Hall–Kier alpha value is -1.09. The molecule has 0 unspecified atom stereocenters. The van der Waals surface area contributed by atoms with Gasteiger partial charge >= 0.3 is 0 Å². The van der Waals surface area contributed by atoms with Crippen molar-refractivity contribution in [2.45, 2.75) is 6.92 Å². The molecular formula is C7H11NO2. The fraction of sp³-hybridized carbons (Fsp3) is 0.286. The topological polar surface area (TPSA) is 53.4 Å². The molecule has 10 heavy (non-hydrogen) atoms. The van der Waals surface area contributed by atoms with E-state index in [0.29, 0.717) is 0 Å². The zero-order chi connectivity index (χ0) is 7.82. The van der Waals surface area contributed by atoms with Crippen molar-refractivity contribution in [1.29, 1.82) is 0 Å². The normalized spacial score (nSPS) is 7.80. The van der Waals surface area contributed by atoms with Gasteiger partial charge in [-0.1, -0.05) is 6.07 Å². The summed E-state index contributed by atoms with van der Waals surface area (Å²) >= 11 is 0. The van der Waals surface area contributed by atoms with Crippen LogP contribution in [0.1, 0.15) is 6.92 Å². The highest BCUT2D eigenvalue weighted by Crippen LogP contribution is 1.96. The highest BCUT2D eigenvalue weighted by molar-refractivity contribution is 5.06. The molecule has 1 aromatic rings. The highest BCUT2D eigenvalue weighted by Gasteiger charge is 1.76. The summed E-state index contributed by atoms with van der Waals surface area (Å²) in [6.45, 7) is 1.93. The summed E-state index contributed by atoms with van der Waals surface area (Å²) in [6.07, 6.45) is 1.54. The molecule has 0 saturated carbocycles. The molecule has 0 saturated heterocycles. The molecule has 1 aromatic heterocycles. The van der Waals surface area contributed by atoms with Crippen LogP contribution in [0, 0.1) is 0 Å². The third kappa shape index (κ3) is 5.05. The molecule has 0 aliphatic rings. The minimum absolute atomic E-state index is 0.0718. The summed E-state index contributed by atoms with van der Waals surface area (Å²) in [5, 5.41) is 16.1. The molecule has 0 aliphatic carbocycles. The number of hydrogen-bond donors (Lipinski definition) is 2. The molecule has 3 heteroatoms. The van der Waals surface area contributed by atoms with Crippen LogP contribution in [0.3, 0.4) is 0 Å². The van der Waals surface area contributed by atoms with Gasteiger partial charge in [0.15, 0.2) is 0 Å². The lowest BCUT2D eigenvalue weighted by molar-refractivity contribution is 0.318. The number of nitrogens with zero attached hydrogens (tertiary/aromatic N) is 1. The third-order valence-corrected chi connectivity index (χ3v) is 0.649. The van der Waals surface area contributed by atoms with Gasteiger partial charge in [0.25, 0.3) is 0 Å². The van der Waals surface area contributed by atoms with Crippen molar-refractivity contribution >= 4 is 0 Å². The van der Waals surface area contributed by atoms with E-state index in [-0.39, 0.29) is 12.5 Å². The molecule has 0 amide bonds. The second-order valence-electron chi connectivity index (χ2n) is 1.50. The van der Waals surface area contributed by atoms with Crippen molar-refractivity contribution in [3.8, 4) is 5.88 Å². The van der Waals surface area contributed by atoms with Crippen molar-refractivity contribution in [1.82, 2.24) is 4.98 Å². The van der Waals surface area contributed by atoms with Gasteiger partial charge in [-0.2, -0.15) is 0 Å². The molecule has 0 fully saturated rings. The zero-order valence-electron chi connectivity index (χ0n) is 5.86. The van der Waals surface area contributed by atoms with Crippen LogP contribution in [0.25, 0.3) is 0 Å². The zero-order valence-corrected chi connectivity index (χ0v) is 5.86. The molecule has 1 heterocycles. The predicted octanol–water partition coefficient (Wildman–Crippen LogP) is 0.786. The summed E-state index contributed by atoms with van der Waals surface area (Å²) in [5.74, 6) is 0.0718. The summed E-state index contributed by atoms with van der Waals surface area (Å²) in [5.41, 5.74) is 0. The predicted molar refractivity (Wildman–Crippen MR) is 38.7 cm³/mol. The molecule has 0 spiro atoms. The Balaban J connectivity index is 0.000000236. The third-order valence-electron chi connectivity index (χ3n) is 0.649. The van der Waals surface area contributed by atoms with Crippen molar-refractivity contribution in [3.63, 3.8) is 0 Å². The van der Waals surface area contributed by atoms with Crippen LogP contribution in [0.5, 0.6) is 5.88 Å². The Bertz CT molecular complexity index is 153. The number of hydrogen-bond acceptors (Lipinski definition) is 3. The number of rotatable bonds is 0. The van der Waals surface area contributed by atoms with Crippen LogP contribution >= 0.6 is 0 Å². The summed E-state index contributed by atoms with van der Waals surface area (Å²) < 4.78 is 0. The van der Waals surface area contributed by atoms with E-state index in [2.05, 4.69) is 4.98 Å². The van der Waals surface area contributed by atoms with E-state index in [9.17, 15) is 0 Å². The Kier molecular flexibility index (Phi) is 5.38. The van der Waals surface area contributed by atoms with Gasteiger partial charge in [0.2, 0.25) is 5.88 Å². The van der Waals surface area contributed by atoms with E-state index in [0.717, 1.165) is 0 Å². The van der Waals surface area contributed by atoms with E-state index in [1.807, 2.05) is 0 Å². The van der Waals surface area contributed by atoms with Gasteiger partial charge in [-0.05, 0) is 13.0 Å². The van der Waals surface area contributed by atoms with Crippen LogP contribution in [0.2, 0.25) is 0 Å². The SMILES string of the molecule is CCO.Oc1ccccn1. The minimum Gasteiger partial charge on any atom is -0.493 e. The molecule has 56 valence electrons. The van der Waals surface area contributed by atoms with Crippen molar-refractivity contribution < 1.29 is 10.2 Å². The molecule has 3 nitrogen and oxygen atoms in total. The maximum absolute atomic E-state index is 8.52. The Morgan fingerprint density at radius 1 is 1.50 bits per heavy atom. The minimum atomic E-state index is 0.0718. The number of aliphatic hydroxyl groups is 1. The molecule has 0 aromatic carbocycles. The van der Waals surface area contributed by atoms with Gasteiger partial charge in [0.05, 0.1) is 0 Å². The van der Waals surface area contributed by atoms with Crippen LogP contribution in [0.4, 0.5) is 0 Å². The van der Waals surface area contributed by atoms with Gasteiger partial charge < -0.3 is 10.2 Å². The van der Waals surface area contributed by atoms with E-state index in [1.165, 1.54) is 12.3 Å². The van der Waals surface area contributed by atoms with Gasteiger partial charge in [0, 0.05) is 18.9 Å². The number of aromatic nitrogens is 1. The van der Waals surface area contributed by atoms with Gasteiger partial charge in [-0.25, -0.2) is 4.98 Å². The molecule has 0 radical (unpaired) electrons. The second kappa shape index (κ2) is 6.04. The average Bonchev–Trinajstić information content (AvgIpc) is 1.91. The molecule has 1 rings (SSSR count). The van der Waals surface area contributed by atoms with Gasteiger partial charge in [-0.15, -0.1) is 0 Å². The Morgan fingerprint density at radius 3 is 2.30 bits per heavy atom. The largest absolute Gasteiger partial charge is 0.493 e. The second-order valence-corrected chi connectivity index (χ2v) is 1.50. The summed E-state index contributed by atoms with van der Waals surface area (Å²) in [7, 11) is 0. The summed E-state index contributed by atoms with van der Waals surface area (Å²) in [6, 6.07) is 5.00. The van der Waals surface area contributed by atoms with Gasteiger partial charge in [-0.3, -0.25) is 0 Å². The summed E-state index contributed by atoms with van der Waals surface area (Å²) in [4.78, 5) is 3.53. The maximum atomic E-state index is 8.52. The van der Waals surface area contributed by atoms with Crippen LogP contribution < -0.4 is 0 Å². The number of aromatic hydroxyl groups is 1. The first kappa shape index (κ1) is 8.91. The fourth-order valence-electron chi connectivity index (χ4n) is 0.354. The molecule has 0 atom stereocenters. The smallest absolute Gasteiger partial charge is 0.210 e. The van der Waals surface area contributed by atoms with Crippen molar-refractivity contribution in [2.75, 3.05) is 6.61 Å².